The lowest BCUT2D eigenvalue weighted by Crippen LogP contribution is -2.31. The van der Waals surface area contributed by atoms with Crippen molar-refractivity contribution in [3.8, 4) is 0 Å². The molecule has 4 nitrogen and oxygen atoms in total. The van der Waals surface area contributed by atoms with Crippen LogP contribution in [0.4, 0.5) is 0 Å². The summed E-state index contributed by atoms with van der Waals surface area (Å²) in [7, 11) is 0. The van der Waals surface area contributed by atoms with Gasteiger partial charge in [-0.05, 0) is 43.2 Å². The van der Waals surface area contributed by atoms with Crippen molar-refractivity contribution in [1.82, 2.24) is 10.3 Å². The molecule has 0 fully saturated rings. The van der Waals surface area contributed by atoms with E-state index in [9.17, 15) is 4.79 Å². The highest BCUT2D eigenvalue weighted by Crippen LogP contribution is 2.23. The van der Waals surface area contributed by atoms with Gasteiger partial charge < -0.3 is 11.1 Å². The lowest BCUT2D eigenvalue weighted by atomic mass is 10.0. The molecule has 1 amide bonds. The van der Waals surface area contributed by atoms with Gasteiger partial charge in [-0.3, -0.25) is 9.78 Å². The molecule has 0 radical (unpaired) electrons. The first kappa shape index (κ1) is 16.5. The Labute approximate surface area is 135 Å². The molecule has 2 atom stereocenters. The minimum Gasteiger partial charge on any atom is -0.344 e. The Kier molecular flexibility index (Phi) is 5.92. The standard InChI is InChI=1S/C17H20ClN3O/c1-12(19)8-9-16(22)21-17(15-7-2-3-10-20-15)13-5-4-6-14(18)11-13/h2-7,10-12,17H,8-9,19H2,1H3,(H,21,22). The number of carbonyl (C=O) groups is 1. The van der Waals surface area contributed by atoms with Gasteiger partial charge in [0, 0.05) is 23.7 Å². The Bertz CT molecular complexity index is 616. The molecule has 1 aromatic carbocycles. The summed E-state index contributed by atoms with van der Waals surface area (Å²) in [5.74, 6) is -0.0482. The fourth-order valence-electron chi connectivity index (χ4n) is 2.15. The van der Waals surface area contributed by atoms with Crippen LogP contribution in [-0.2, 0) is 4.79 Å². The molecule has 0 saturated carbocycles. The van der Waals surface area contributed by atoms with Crippen LogP contribution in [0.1, 0.15) is 37.1 Å². The van der Waals surface area contributed by atoms with E-state index in [0.717, 1.165) is 11.3 Å². The molecule has 0 aliphatic rings. The van der Waals surface area contributed by atoms with Crippen LogP contribution >= 0.6 is 11.6 Å². The average molecular weight is 318 g/mol. The summed E-state index contributed by atoms with van der Waals surface area (Å²) in [6.07, 6.45) is 2.75. The van der Waals surface area contributed by atoms with Crippen molar-refractivity contribution in [3.63, 3.8) is 0 Å². The first-order valence-corrected chi connectivity index (χ1v) is 7.65. The van der Waals surface area contributed by atoms with Gasteiger partial charge in [-0.25, -0.2) is 0 Å². The number of halogens is 1. The summed E-state index contributed by atoms with van der Waals surface area (Å²) < 4.78 is 0. The molecule has 2 aromatic rings. The van der Waals surface area contributed by atoms with Crippen molar-refractivity contribution >= 4 is 17.5 Å². The number of pyridine rings is 1. The highest BCUT2D eigenvalue weighted by molar-refractivity contribution is 6.30. The van der Waals surface area contributed by atoms with E-state index in [1.165, 1.54) is 0 Å². The smallest absolute Gasteiger partial charge is 0.220 e. The molecule has 0 bridgehead atoms. The number of rotatable bonds is 6. The van der Waals surface area contributed by atoms with E-state index < -0.39 is 0 Å². The Balaban J connectivity index is 2.21. The van der Waals surface area contributed by atoms with Crippen LogP contribution in [-0.4, -0.2) is 16.9 Å². The molecule has 0 spiro atoms. The maximum Gasteiger partial charge on any atom is 0.220 e. The number of carbonyl (C=O) groups excluding carboxylic acids is 1. The van der Waals surface area contributed by atoms with Gasteiger partial charge in [0.15, 0.2) is 0 Å². The molecule has 3 N–H and O–H groups in total. The zero-order valence-electron chi connectivity index (χ0n) is 12.5. The number of amides is 1. The van der Waals surface area contributed by atoms with Crippen LogP contribution < -0.4 is 11.1 Å². The van der Waals surface area contributed by atoms with E-state index >= 15 is 0 Å². The molecule has 2 unspecified atom stereocenters. The molecule has 0 aliphatic carbocycles. The number of nitrogens with two attached hydrogens (primary N) is 1. The predicted molar refractivity (Wildman–Crippen MR) is 88.6 cm³/mol. The maximum absolute atomic E-state index is 12.2. The first-order valence-electron chi connectivity index (χ1n) is 7.27. The van der Waals surface area contributed by atoms with Gasteiger partial charge >= 0.3 is 0 Å². The van der Waals surface area contributed by atoms with Gasteiger partial charge in [0.1, 0.15) is 0 Å². The van der Waals surface area contributed by atoms with Crippen LogP contribution in [0.5, 0.6) is 0 Å². The fourth-order valence-corrected chi connectivity index (χ4v) is 2.35. The molecule has 5 heteroatoms. The zero-order valence-corrected chi connectivity index (χ0v) is 13.3. The van der Waals surface area contributed by atoms with Gasteiger partial charge in [-0.15, -0.1) is 0 Å². The minimum absolute atomic E-state index is 0.00483. The molecule has 2 rings (SSSR count). The van der Waals surface area contributed by atoms with E-state index in [2.05, 4.69) is 10.3 Å². The predicted octanol–water partition coefficient (Wildman–Crippen LogP) is 3.07. The molecule has 1 aromatic heterocycles. The number of hydrogen-bond donors (Lipinski definition) is 2. The summed E-state index contributed by atoms with van der Waals surface area (Å²) in [6, 6.07) is 12.7. The molecular formula is C17H20ClN3O. The maximum atomic E-state index is 12.2. The Hall–Kier alpha value is -1.91. The van der Waals surface area contributed by atoms with Gasteiger partial charge in [0.05, 0.1) is 11.7 Å². The highest BCUT2D eigenvalue weighted by atomic mass is 35.5. The average Bonchev–Trinajstić information content (AvgIpc) is 2.51. The third-order valence-corrected chi connectivity index (χ3v) is 3.53. The number of nitrogens with zero attached hydrogens (tertiary/aromatic N) is 1. The largest absolute Gasteiger partial charge is 0.344 e. The fraction of sp³-hybridized carbons (Fsp3) is 0.294. The molecule has 0 saturated heterocycles. The lowest BCUT2D eigenvalue weighted by Gasteiger charge is -2.19. The summed E-state index contributed by atoms with van der Waals surface area (Å²) in [4.78, 5) is 16.5. The minimum atomic E-state index is -0.319. The van der Waals surface area contributed by atoms with Crippen molar-refractivity contribution in [1.29, 1.82) is 0 Å². The van der Waals surface area contributed by atoms with Crippen LogP contribution in [0.2, 0.25) is 5.02 Å². The Morgan fingerprint density at radius 1 is 1.32 bits per heavy atom. The normalized spacial score (nSPS) is 13.4. The zero-order chi connectivity index (χ0) is 15.9. The molecule has 0 aliphatic heterocycles. The molecule has 116 valence electrons. The molecular weight excluding hydrogens is 298 g/mol. The monoisotopic (exact) mass is 317 g/mol. The Morgan fingerprint density at radius 2 is 2.14 bits per heavy atom. The van der Waals surface area contributed by atoms with Gasteiger partial charge in [-0.2, -0.15) is 0 Å². The number of nitrogens with one attached hydrogen (secondary N) is 1. The van der Waals surface area contributed by atoms with Crippen molar-refractivity contribution in [2.45, 2.75) is 31.8 Å². The summed E-state index contributed by atoms with van der Waals surface area (Å²) in [5, 5.41) is 3.64. The van der Waals surface area contributed by atoms with Crippen LogP contribution in [0.25, 0.3) is 0 Å². The van der Waals surface area contributed by atoms with Crippen LogP contribution in [0.15, 0.2) is 48.7 Å². The SMILES string of the molecule is CC(N)CCC(=O)NC(c1cccc(Cl)c1)c1ccccn1. The van der Waals surface area contributed by atoms with E-state index in [4.69, 9.17) is 17.3 Å². The van der Waals surface area contributed by atoms with Crippen molar-refractivity contribution in [2.75, 3.05) is 0 Å². The number of hydrogen-bond acceptors (Lipinski definition) is 3. The second-order valence-corrected chi connectivity index (χ2v) is 5.76. The van der Waals surface area contributed by atoms with Crippen LogP contribution in [0, 0.1) is 0 Å². The second kappa shape index (κ2) is 7.92. The number of aromatic nitrogens is 1. The first-order chi connectivity index (χ1) is 10.6. The summed E-state index contributed by atoms with van der Waals surface area (Å²) >= 11 is 6.07. The van der Waals surface area contributed by atoms with E-state index in [1.807, 2.05) is 43.3 Å². The van der Waals surface area contributed by atoms with Gasteiger partial charge in [0.2, 0.25) is 5.91 Å². The summed E-state index contributed by atoms with van der Waals surface area (Å²) in [5.41, 5.74) is 7.38. The third kappa shape index (κ3) is 4.83. The van der Waals surface area contributed by atoms with Crippen molar-refractivity contribution in [3.05, 3.63) is 64.9 Å². The number of benzene rings is 1. The lowest BCUT2D eigenvalue weighted by molar-refractivity contribution is -0.121. The van der Waals surface area contributed by atoms with E-state index in [0.29, 0.717) is 17.9 Å². The summed E-state index contributed by atoms with van der Waals surface area (Å²) in [6.45, 7) is 1.89. The van der Waals surface area contributed by atoms with Crippen LogP contribution in [0.3, 0.4) is 0 Å². The molecule has 1 heterocycles. The van der Waals surface area contributed by atoms with Crippen molar-refractivity contribution < 1.29 is 4.79 Å². The van der Waals surface area contributed by atoms with Gasteiger partial charge in [-0.1, -0.05) is 29.8 Å². The molecule has 22 heavy (non-hydrogen) atoms. The Morgan fingerprint density at radius 3 is 2.77 bits per heavy atom. The highest BCUT2D eigenvalue weighted by Gasteiger charge is 2.18. The van der Waals surface area contributed by atoms with E-state index in [-0.39, 0.29) is 18.0 Å². The topological polar surface area (TPSA) is 68.0 Å². The van der Waals surface area contributed by atoms with E-state index in [1.54, 1.807) is 12.3 Å². The second-order valence-electron chi connectivity index (χ2n) is 5.33. The van der Waals surface area contributed by atoms with Crippen molar-refractivity contribution in [2.24, 2.45) is 5.73 Å². The van der Waals surface area contributed by atoms with Gasteiger partial charge in [0.25, 0.3) is 0 Å². The third-order valence-electron chi connectivity index (χ3n) is 3.30. The quantitative estimate of drug-likeness (QED) is 0.860.